The zero-order valence-electron chi connectivity index (χ0n) is 38.9. The van der Waals surface area contributed by atoms with Crippen LogP contribution in [0.25, 0.3) is 34.4 Å². The van der Waals surface area contributed by atoms with Gasteiger partial charge < -0.3 is 18.9 Å². The van der Waals surface area contributed by atoms with Crippen LogP contribution >= 0.6 is 0 Å². The minimum atomic E-state index is -3.77. The second-order valence-corrected chi connectivity index (χ2v) is 20.2. The van der Waals surface area contributed by atoms with E-state index in [1.54, 1.807) is 72.0 Å². The van der Waals surface area contributed by atoms with Crippen molar-refractivity contribution in [3.8, 4) is 57.4 Å². The van der Waals surface area contributed by atoms with Crippen LogP contribution in [0.4, 0.5) is 8.78 Å². The van der Waals surface area contributed by atoms with Crippen LogP contribution in [0.3, 0.4) is 0 Å². The van der Waals surface area contributed by atoms with Crippen molar-refractivity contribution < 1.29 is 44.6 Å². The number of para-hydroxylation sites is 2. The summed E-state index contributed by atoms with van der Waals surface area (Å²) in [7, 11) is 1.82. The summed E-state index contributed by atoms with van der Waals surface area (Å²) in [6, 6.07) is 10.3. The number of hydrogen-bond donors (Lipinski definition) is 0. The Morgan fingerprint density at radius 1 is 0.529 bits per heavy atom. The van der Waals surface area contributed by atoms with Crippen molar-refractivity contribution in [2.24, 2.45) is 14.1 Å². The Balaban J connectivity index is 0.000000206. The van der Waals surface area contributed by atoms with Gasteiger partial charge in [0.25, 0.3) is 0 Å². The Kier molecular flexibility index (Phi) is 15.1. The summed E-state index contributed by atoms with van der Waals surface area (Å²) < 4.78 is 108. The zero-order chi connectivity index (χ0) is 50.3. The fourth-order valence-corrected chi connectivity index (χ4v) is 9.40. The molecule has 0 spiro atoms. The van der Waals surface area contributed by atoms with Crippen molar-refractivity contribution in [1.82, 2.24) is 79.5 Å². The number of benzene rings is 2. The molecule has 0 aliphatic rings. The van der Waals surface area contributed by atoms with Crippen LogP contribution in [0.15, 0.2) is 73.6 Å². The Morgan fingerprint density at radius 2 is 0.857 bits per heavy atom. The fraction of sp³-hybridized carbons (Fsp3) is 0.333. The van der Waals surface area contributed by atoms with E-state index >= 15 is 0 Å². The van der Waals surface area contributed by atoms with Gasteiger partial charge in [0.05, 0.1) is 76.1 Å². The highest BCUT2D eigenvalue weighted by molar-refractivity contribution is 7.91. The first-order valence-corrected chi connectivity index (χ1v) is 24.3. The highest BCUT2D eigenvalue weighted by Crippen LogP contribution is 2.38. The van der Waals surface area contributed by atoms with Gasteiger partial charge in [0.1, 0.15) is 57.5 Å². The summed E-state index contributed by atoms with van der Waals surface area (Å²) in [6.07, 6.45) is 7.28. The van der Waals surface area contributed by atoms with Crippen molar-refractivity contribution in [2.75, 3.05) is 28.4 Å². The first-order valence-electron chi connectivity index (χ1n) is 20.9. The molecule has 0 N–H and O–H groups in total. The first kappa shape index (κ1) is 50.0. The molecule has 0 amide bonds. The van der Waals surface area contributed by atoms with Gasteiger partial charge in [0.2, 0.25) is 0 Å². The second-order valence-electron chi connectivity index (χ2n) is 15.4. The molecule has 8 rings (SSSR count). The Labute approximate surface area is 399 Å². The standard InChI is InChI=1S/2C21H23FN8O4S/c2*1-13(8-18-23-9-14(22)10-24-18)35(31,32)12-19-26-27-21(15-11-29(2)28-25-15)30(19)20-16(33-3)6-5-7-17(20)34-4/h2*5-7,9-11,13H,8,12H2,1-4H3/t2*13-/m10/s1. The Hall–Kier alpha value is -7.88. The van der Waals surface area contributed by atoms with Crippen molar-refractivity contribution in [1.29, 1.82) is 0 Å². The lowest BCUT2D eigenvalue weighted by Crippen LogP contribution is -2.24. The average Bonchev–Trinajstić information content (AvgIpc) is 4.17. The van der Waals surface area contributed by atoms with Gasteiger partial charge >= 0.3 is 0 Å². The molecule has 6 aromatic heterocycles. The number of rotatable bonds is 18. The second kappa shape index (κ2) is 21.2. The van der Waals surface area contributed by atoms with Gasteiger partial charge in [-0.25, -0.2) is 45.6 Å². The molecule has 24 nitrogen and oxygen atoms in total. The maximum atomic E-state index is 13.3. The third-order valence-corrected chi connectivity index (χ3v) is 14.7. The summed E-state index contributed by atoms with van der Waals surface area (Å²) in [5.74, 6) is 0.781. The number of nitrogens with zero attached hydrogens (tertiary/aromatic N) is 16. The van der Waals surface area contributed by atoms with Crippen molar-refractivity contribution in [3.05, 3.63) is 109 Å². The van der Waals surface area contributed by atoms with Gasteiger partial charge in [-0.15, -0.1) is 30.6 Å². The van der Waals surface area contributed by atoms with Crippen LogP contribution in [0.2, 0.25) is 0 Å². The fourth-order valence-electron chi connectivity index (χ4n) is 6.93. The van der Waals surface area contributed by atoms with Gasteiger partial charge in [-0.05, 0) is 38.1 Å². The molecule has 0 aliphatic carbocycles. The number of halogens is 2. The Morgan fingerprint density at radius 3 is 1.14 bits per heavy atom. The summed E-state index contributed by atoms with van der Waals surface area (Å²) in [6.45, 7) is 3.08. The van der Waals surface area contributed by atoms with E-state index in [1.165, 1.54) is 51.7 Å². The third-order valence-electron chi connectivity index (χ3n) is 10.5. The van der Waals surface area contributed by atoms with E-state index < -0.39 is 53.3 Å². The highest BCUT2D eigenvalue weighted by atomic mass is 32.2. The number of ether oxygens (including phenoxy) is 4. The quantitative estimate of drug-likeness (QED) is 0.119. The average molecular weight is 1010 g/mol. The van der Waals surface area contributed by atoms with E-state index in [2.05, 4.69) is 61.0 Å². The molecule has 0 unspecified atom stereocenters. The maximum Gasteiger partial charge on any atom is 0.191 e. The monoisotopic (exact) mass is 1000 g/mol. The zero-order valence-corrected chi connectivity index (χ0v) is 40.5. The lowest BCUT2D eigenvalue weighted by atomic mass is 10.2. The molecular formula is C42H46F2N16O8S2. The van der Waals surface area contributed by atoms with Crippen LogP contribution in [-0.2, 0) is 58.1 Å². The number of aromatic nitrogens is 16. The predicted octanol–water partition coefficient (Wildman–Crippen LogP) is 3.11. The summed E-state index contributed by atoms with van der Waals surface area (Å²) >= 11 is 0. The first-order chi connectivity index (χ1) is 33.5. The number of sulfone groups is 2. The highest BCUT2D eigenvalue weighted by Gasteiger charge is 2.32. The molecule has 70 heavy (non-hydrogen) atoms. The molecule has 0 radical (unpaired) electrons. The van der Waals surface area contributed by atoms with Crippen LogP contribution < -0.4 is 18.9 Å². The van der Waals surface area contributed by atoms with Crippen LogP contribution in [0.1, 0.15) is 37.1 Å². The van der Waals surface area contributed by atoms with E-state index in [-0.39, 0.29) is 47.8 Å². The van der Waals surface area contributed by atoms with Gasteiger partial charge in [-0.3, -0.25) is 18.5 Å². The minimum Gasteiger partial charge on any atom is -0.494 e. The molecule has 8 aromatic rings. The van der Waals surface area contributed by atoms with E-state index in [0.717, 1.165) is 24.8 Å². The van der Waals surface area contributed by atoms with Crippen LogP contribution in [-0.4, -0.2) is 135 Å². The van der Waals surface area contributed by atoms with E-state index in [0.29, 0.717) is 45.8 Å². The van der Waals surface area contributed by atoms with Crippen LogP contribution in [0.5, 0.6) is 23.0 Å². The SMILES string of the molecule is COc1cccc(OC)c1-n1c(CS(=O)(=O)[C@@H](C)Cc2ncc(F)cn2)nnc1-c1cn(C)nn1.COc1cccc(OC)c1-n1c(CS(=O)(=O)[C@H](C)Cc2ncc(F)cn2)nnc1-c1cn(C)nn1. The molecule has 0 saturated heterocycles. The molecule has 6 heterocycles. The molecule has 0 aliphatic heterocycles. The molecule has 2 atom stereocenters. The molecular weight excluding hydrogens is 959 g/mol. The molecule has 0 saturated carbocycles. The van der Waals surface area contributed by atoms with Crippen molar-refractivity contribution >= 4 is 19.7 Å². The van der Waals surface area contributed by atoms with Gasteiger partial charge in [0, 0.05) is 26.9 Å². The lowest BCUT2D eigenvalue weighted by Gasteiger charge is -2.17. The topological polar surface area (TPSA) is 280 Å². The van der Waals surface area contributed by atoms with Gasteiger partial charge in [-0.1, -0.05) is 22.6 Å². The number of aryl methyl sites for hydroxylation is 2. The smallest absolute Gasteiger partial charge is 0.191 e. The normalized spacial score (nSPS) is 12.5. The van der Waals surface area contributed by atoms with E-state index in [1.807, 2.05) is 0 Å². The maximum absolute atomic E-state index is 13.3. The summed E-state index contributed by atoms with van der Waals surface area (Å²) in [4.78, 5) is 15.4. The number of hydrogen-bond acceptors (Lipinski definition) is 20. The number of methoxy groups -OCH3 is 4. The lowest BCUT2D eigenvalue weighted by molar-refractivity contribution is 0.390. The van der Waals surface area contributed by atoms with E-state index in [9.17, 15) is 25.6 Å². The van der Waals surface area contributed by atoms with Crippen molar-refractivity contribution in [3.63, 3.8) is 0 Å². The molecule has 2 aromatic carbocycles. The molecule has 0 bridgehead atoms. The van der Waals surface area contributed by atoms with Crippen molar-refractivity contribution in [2.45, 2.75) is 48.7 Å². The van der Waals surface area contributed by atoms with E-state index in [4.69, 9.17) is 18.9 Å². The summed E-state index contributed by atoms with van der Waals surface area (Å²) in [5, 5.41) is 31.1. The van der Waals surface area contributed by atoms with Gasteiger partial charge in [-0.2, -0.15) is 0 Å². The van der Waals surface area contributed by atoms with Crippen LogP contribution in [0, 0.1) is 11.6 Å². The largest absolute Gasteiger partial charge is 0.494 e. The minimum absolute atomic E-state index is 0.00570. The predicted molar refractivity (Wildman–Crippen MR) is 244 cm³/mol. The van der Waals surface area contributed by atoms with Gasteiger partial charge in [0.15, 0.2) is 66.0 Å². The molecule has 28 heteroatoms. The summed E-state index contributed by atoms with van der Waals surface area (Å²) in [5.41, 5.74) is 1.60. The molecule has 368 valence electrons. The molecule has 0 fully saturated rings. The Bertz CT molecular complexity index is 3050. The third kappa shape index (κ3) is 11.0.